The first-order valence-electron chi connectivity index (χ1n) is 5.14. The van der Waals surface area contributed by atoms with E-state index in [1.807, 2.05) is 20.8 Å². The van der Waals surface area contributed by atoms with Crippen molar-refractivity contribution in [2.45, 2.75) is 32.4 Å². The summed E-state index contributed by atoms with van der Waals surface area (Å²) in [5.74, 6) is -0.309. The second-order valence-electron chi connectivity index (χ2n) is 4.66. The van der Waals surface area contributed by atoms with E-state index < -0.39 is 16.1 Å². The Morgan fingerprint density at radius 1 is 1.41 bits per heavy atom. The minimum absolute atomic E-state index is 0.309. The molecule has 0 aliphatic rings. The van der Waals surface area contributed by atoms with E-state index in [9.17, 15) is 8.94 Å². The summed E-state index contributed by atoms with van der Waals surface area (Å²) < 4.78 is 29.7. The van der Waals surface area contributed by atoms with Gasteiger partial charge in [0.2, 0.25) is 0 Å². The first kappa shape index (κ1) is 14.9. The molecule has 0 radical (unpaired) electrons. The fourth-order valence-electron chi connectivity index (χ4n) is 1.09. The Hall–Kier alpha value is -0.140. The number of benzene rings is 1. The average molecular weight is 367 g/mol. The van der Waals surface area contributed by atoms with Crippen LogP contribution in [0.2, 0.25) is 0 Å². The Kier molecular flexibility index (Phi) is 4.97. The molecule has 0 saturated carbocycles. The maximum absolute atomic E-state index is 13.1. The summed E-state index contributed by atoms with van der Waals surface area (Å²) in [5.41, 5.74) is 1.30. The number of nitrogens with zero attached hydrogens (tertiary/aromatic N) is 1. The van der Waals surface area contributed by atoms with Crippen LogP contribution in [-0.4, -0.2) is 15.0 Å². The largest absolute Gasteiger partial charge is 0.591 e. The van der Waals surface area contributed by atoms with Crippen LogP contribution in [0.25, 0.3) is 0 Å². The molecule has 94 valence electrons. The molecule has 0 saturated heterocycles. The smallest absolute Gasteiger partial charge is 0.144 e. The predicted octanol–water partition coefficient (Wildman–Crippen LogP) is 3.70. The molecule has 0 bridgehead atoms. The second kappa shape index (κ2) is 5.67. The lowest BCUT2D eigenvalue weighted by molar-refractivity contribution is 0.561. The molecule has 0 aliphatic heterocycles. The van der Waals surface area contributed by atoms with Crippen molar-refractivity contribution in [3.05, 3.63) is 33.1 Å². The van der Waals surface area contributed by atoms with Crippen LogP contribution in [0, 0.1) is 9.39 Å². The van der Waals surface area contributed by atoms with Gasteiger partial charge in [-0.3, -0.25) is 0 Å². The van der Waals surface area contributed by atoms with Crippen molar-refractivity contribution in [1.82, 2.24) is 0 Å². The summed E-state index contributed by atoms with van der Waals surface area (Å²) in [6.07, 6.45) is 0. The van der Waals surface area contributed by atoms with Gasteiger partial charge in [0.15, 0.2) is 0 Å². The van der Waals surface area contributed by atoms with E-state index >= 15 is 0 Å². The van der Waals surface area contributed by atoms with Crippen molar-refractivity contribution in [3.63, 3.8) is 0 Å². The highest BCUT2D eigenvalue weighted by Gasteiger charge is 2.27. The van der Waals surface area contributed by atoms with Crippen LogP contribution in [0.3, 0.4) is 0 Å². The minimum Gasteiger partial charge on any atom is -0.591 e. The van der Waals surface area contributed by atoms with E-state index in [1.165, 1.54) is 12.1 Å². The van der Waals surface area contributed by atoms with Crippen LogP contribution in [0.4, 0.5) is 4.39 Å². The first-order valence-corrected chi connectivity index (χ1v) is 7.33. The second-order valence-corrected chi connectivity index (χ2v) is 7.73. The highest BCUT2D eigenvalue weighted by molar-refractivity contribution is 14.1. The van der Waals surface area contributed by atoms with Gasteiger partial charge in [-0.1, -0.05) is 4.40 Å². The molecule has 1 unspecified atom stereocenters. The monoisotopic (exact) mass is 367 g/mol. The van der Waals surface area contributed by atoms with E-state index in [4.69, 9.17) is 0 Å². The molecule has 0 aliphatic carbocycles. The van der Waals surface area contributed by atoms with Crippen molar-refractivity contribution >= 4 is 39.7 Å². The molecule has 0 aromatic heterocycles. The van der Waals surface area contributed by atoms with Gasteiger partial charge in [0.25, 0.3) is 0 Å². The molecule has 0 N–H and O–H groups in total. The minimum atomic E-state index is -1.32. The molecule has 0 amide bonds. The molecule has 1 aromatic carbocycles. The van der Waals surface area contributed by atoms with Gasteiger partial charge in [0, 0.05) is 9.13 Å². The molecule has 2 nitrogen and oxygen atoms in total. The molecular weight excluding hydrogens is 352 g/mol. The van der Waals surface area contributed by atoms with Crippen LogP contribution < -0.4 is 0 Å². The summed E-state index contributed by atoms with van der Waals surface area (Å²) in [6, 6.07) is 4.50. The predicted molar refractivity (Wildman–Crippen MR) is 79.2 cm³/mol. The van der Waals surface area contributed by atoms with Crippen LogP contribution in [0.5, 0.6) is 0 Å². The van der Waals surface area contributed by atoms with Crippen LogP contribution in [0.15, 0.2) is 22.6 Å². The van der Waals surface area contributed by atoms with Crippen molar-refractivity contribution in [2.75, 3.05) is 0 Å². The quantitative estimate of drug-likeness (QED) is 0.446. The number of rotatable bonds is 2. The Bertz CT molecular complexity index is 443. The molecule has 0 fully saturated rings. The van der Waals surface area contributed by atoms with Gasteiger partial charge in [-0.15, -0.1) is 0 Å². The third-order valence-electron chi connectivity index (χ3n) is 2.06. The van der Waals surface area contributed by atoms with E-state index in [0.29, 0.717) is 11.3 Å². The molecule has 0 spiro atoms. The summed E-state index contributed by atoms with van der Waals surface area (Å²) in [4.78, 5) is 0. The standard InChI is InChI=1S/C12H15FINOS/c1-8(15-17(16)12(2,3)4)10-7-9(13)5-6-11(10)14/h5-7H,1-4H3. The maximum Gasteiger partial charge on any atom is 0.144 e. The van der Waals surface area contributed by atoms with Gasteiger partial charge in [-0.05, 0) is 68.5 Å². The Morgan fingerprint density at radius 3 is 2.53 bits per heavy atom. The summed E-state index contributed by atoms with van der Waals surface area (Å²) >= 11 is 0.793. The van der Waals surface area contributed by atoms with E-state index in [2.05, 4.69) is 27.0 Å². The normalized spacial score (nSPS) is 14.9. The Labute approximate surface area is 118 Å². The van der Waals surface area contributed by atoms with Crippen molar-refractivity contribution in [1.29, 1.82) is 0 Å². The zero-order valence-electron chi connectivity index (χ0n) is 10.3. The highest BCUT2D eigenvalue weighted by atomic mass is 127. The van der Waals surface area contributed by atoms with Crippen molar-refractivity contribution < 1.29 is 8.94 Å². The molecule has 1 aromatic rings. The number of halogens is 2. The van der Waals surface area contributed by atoms with Crippen LogP contribution in [0.1, 0.15) is 33.3 Å². The molecular formula is C12H15FINOS. The Balaban J connectivity index is 3.08. The summed E-state index contributed by atoms with van der Waals surface area (Å²) in [6.45, 7) is 7.32. The van der Waals surface area contributed by atoms with E-state index in [1.54, 1.807) is 13.0 Å². The molecule has 17 heavy (non-hydrogen) atoms. The van der Waals surface area contributed by atoms with Gasteiger partial charge in [0.1, 0.15) is 21.9 Å². The zero-order valence-corrected chi connectivity index (χ0v) is 13.2. The molecule has 0 heterocycles. The summed E-state index contributed by atoms with van der Waals surface area (Å²) in [7, 11) is 0. The number of hydrogen-bond acceptors (Lipinski definition) is 2. The third-order valence-corrected chi connectivity index (χ3v) is 4.49. The van der Waals surface area contributed by atoms with Gasteiger partial charge in [-0.25, -0.2) is 4.39 Å². The lowest BCUT2D eigenvalue weighted by Gasteiger charge is -2.19. The number of hydrogen-bond donors (Lipinski definition) is 0. The molecule has 1 rings (SSSR count). The molecule has 5 heteroatoms. The Morgan fingerprint density at radius 2 is 2.00 bits per heavy atom. The molecule has 1 atom stereocenters. The van der Waals surface area contributed by atoms with Crippen molar-refractivity contribution in [2.24, 2.45) is 4.40 Å². The van der Waals surface area contributed by atoms with Crippen molar-refractivity contribution in [3.8, 4) is 0 Å². The highest BCUT2D eigenvalue weighted by Crippen LogP contribution is 2.20. The topological polar surface area (TPSA) is 35.4 Å². The van der Waals surface area contributed by atoms with Gasteiger partial charge < -0.3 is 4.55 Å². The van der Waals surface area contributed by atoms with E-state index in [-0.39, 0.29) is 5.82 Å². The summed E-state index contributed by atoms with van der Waals surface area (Å²) in [5, 5.41) is 0. The lowest BCUT2D eigenvalue weighted by Crippen LogP contribution is -2.26. The third kappa shape index (κ3) is 4.22. The van der Waals surface area contributed by atoms with Gasteiger partial charge in [-0.2, -0.15) is 0 Å². The van der Waals surface area contributed by atoms with E-state index in [0.717, 1.165) is 3.57 Å². The fraction of sp³-hybridized carbons (Fsp3) is 0.417. The zero-order chi connectivity index (χ0) is 13.2. The van der Waals surface area contributed by atoms with Gasteiger partial charge in [0.05, 0.1) is 5.71 Å². The first-order chi connectivity index (χ1) is 7.71. The van der Waals surface area contributed by atoms with Crippen LogP contribution in [-0.2, 0) is 11.4 Å². The fourth-order valence-corrected chi connectivity index (χ4v) is 2.43. The van der Waals surface area contributed by atoms with Crippen LogP contribution >= 0.6 is 22.6 Å². The SMILES string of the molecule is CC(=N[S+]([O-])C(C)(C)C)c1cc(F)ccc1I. The lowest BCUT2D eigenvalue weighted by atomic mass is 10.1. The van der Waals surface area contributed by atoms with Gasteiger partial charge >= 0.3 is 0 Å². The maximum atomic E-state index is 13.1. The average Bonchev–Trinajstić information content (AvgIpc) is 2.20.